The fourth-order valence-corrected chi connectivity index (χ4v) is 5.11. The molecular formula is C23H30N6O3. The third-order valence-corrected chi connectivity index (χ3v) is 6.96. The summed E-state index contributed by atoms with van der Waals surface area (Å²) in [5.41, 5.74) is 12.9. The van der Waals surface area contributed by atoms with E-state index in [1.165, 1.54) is 0 Å². The third kappa shape index (κ3) is 3.96. The molecule has 32 heavy (non-hydrogen) atoms. The normalized spacial score (nSPS) is 25.3. The molecule has 2 bridgehead atoms. The van der Waals surface area contributed by atoms with Gasteiger partial charge in [0.2, 0.25) is 17.7 Å². The monoisotopic (exact) mass is 438 g/mol. The van der Waals surface area contributed by atoms with E-state index < -0.39 is 18.0 Å². The Bertz CT molecular complexity index is 953. The molecule has 9 nitrogen and oxygen atoms in total. The third-order valence-electron chi connectivity index (χ3n) is 6.96. The largest absolute Gasteiger partial charge is 0.366 e. The van der Waals surface area contributed by atoms with Crippen LogP contribution < -0.4 is 11.5 Å². The van der Waals surface area contributed by atoms with Crippen LogP contribution in [0.25, 0.3) is 0 Å². The van der Waals surface area contributed by atoms with E-state index in [4.69, 9.17) is 11.5 Å². The van der Waals surface area contributed by atoms with Crippen LogP contribution in [0.2, 0.25) is 0 Å². The fraction of sp³-hybridized carbons (Fsp3) is 0.565. The molecule has 3 unspecified atom stereocenters. The highest BCUT2D eigenvalue weighted by atomic mass is 16.2. The molecule has 1 saturated carbocycles. The van der Waals surface area contributed by atoms with Gasteiger partial charge in [0.1, 0.15) is 6.04 Å². The van der Waals surface area contributed by atoms with Crippen molar-refractivity contribution in [2.24, 2.45) is 11.5 Å². The first kappa shape index (κ1) is 22.2. The van der Waals surface area contributed by atoms with Crippen LogP contribution in [0.4, 0.5) is 0 Å². The van der Waals surface area contributed by atoms with Crippen LogP contribution in [0.5, 0.6) is 0 Å². The molecule has 1 aromatic rings. The van der Waals surface area contributed by atoms with Gasteiger partial charge in [-0.15, -0.1) is 0 Å². The fourth-order valence-electron chi connectivity index (χ4n) is 5.11. The molecule has 0 aromatic heterocycles. The van der Waals surface area contributed by atoms with Gasteiger partial charge in [0, 0.05) is 30.7 Å². The quantitative estimate of drug-likeness (QED) is 0.601. The van der Waals surface area contributed by atoms with Gasteiger partial charge < -0.3 is 21.3 Å². The minimum atomic E-state index is -0.759. The molecule has 1 aromatic carbocycles. The molecule has 4 rings (SSSR count). The summed E-state index contributed by atoms with van der Waals surface area (Å²) in [6.45, 7) is 4.68. The van der Waals surface area contributed by atoms with Gasteiger partial charge in [-0.05, 0) is 50.8 Å². The lowest BCUT2D eigenvalue weighted by molar-refractivity contribution is -0.141. The molecule has 2 aliphatic heterocycles. The zero-order valence-electron chi connectivity index (χ0n) is 18.5. The van der Waals surface area contributed by atoms with Crippen molar-refractivity contribution in [1.82, 2.24) is 14.7 Å². The molecule has 9 heteroatoms. The highest BCUT2D eigenvalue weighted by Crippen LogP contribution is 2.38. The predicted octanol–water partition coefficient (Wildman–Crippen LogP) is 0.362. The number of primary amides is 1. The summed E-state index contributed by atoms with van der Waals surface area (Å²) in [6.07, 6.45) is 2.53. The molecule has 0 spiro atoms. The number of rotatable bonds is 8. The number of nitriles is 1. The Morgan fingerprint density at radius 1 is 1.25 bits per heavy atom. The zero-order chi connectivity index (χ0) is 23.2. The Hall–Kier alpha value is -2.96. The summed E-state index contributed by atoms with van der Waals surface area (Å²) >= 11 is 0. The molecule has 5 atom stereocenters. The number of hydrogen-bond donors (Lipinski definition) is 2. The van der Waals surface area contributed by atoms with E-state index in [1.54, 1.807) is 24.0 Å². The number of carbonyl (C=O) groups is 3. The van der Waals surface area contributed by atoms with Crippen LogP contribution in [-0.4, -0.2) is 75.7 Å². The Morgan fingerprint density at radius 3 is 2.44 bits per heavy atom. The lowest BCUT2D eigenvalue weighted by atomic mass is 10.0. The molecule has 170 valence electrons. The molecular weight excluding hydrogens is 408 g/mol. The van der Waals surface area contributed by atoms with E-state index in [9.17, 15) is 19.6 Å². The Kier molecular flexibility index (Phi) is 5.93. The predicted molar refractivity (Wildman–Crippen MR) is 117 cm³/mol. The maximum absolute atomic E-state index is 13.2. The van der Waals surface area contributed by atoms with Crippen LogP contribution >= 0.6 is 0 Å². The number of likely N-dealkylation sites (tertiary alicyclic amines) is 2. The van der Waals surface area contributed by atoms with Crippen LogP contribution in [0.1, 0.15) is 55.1 Å². The van der Waals surface area contributed by atoms with Crippen LogP contribution in [0, 0.1) is 11.3 Å². The zero-order valence-corrected chi connectivity index (χ0v) is 18.5. The van der Waals surface area contributed by atoms with Gasteiger partial charge in [0.05, 0.1) is 24.2 Å². The number of amides is 3. The first-order valence-corrected chi connectivity index (χ1v) is 11.2. The summed E-state index contributed by atoms with van der Waals surface area (Å²) in [6, 6.07) is 7.65. The van der Waals surface area contributed by atoms with Crippen molar-refractivity contribution in [3.05, 3.63) is 35.4 Å². The van der Waals surface area contributed by atoms with Gasteiger partial charge in [-0.1, -0.05) is 12.1 Å². The first-order chi connectivity index (χ1) is 15.2. The minimum Gasteiger partial charge on any atom is -0.366 e. The molecule has 4 N–H and O–H groups in total. The maximum Gasteiger partial charge on any atom is 0.248 e. The number of hydrogen-bond acceptors (Lipinski definition) is 6. The number of nitrogens with two attached hydrogens (primary N) is 2. The van der Waals surface area contributed by atoms with Crippen molar-refractivity contribution in [2.45, 2.75) is 69.4 Å². The average Bonchev–Trinajstić information content (AvgIpc) is 3.45. The van der Waals surface area contributed by atoms with Crippen molar-refractivity contribution >= 4 is 17.7 Å². The van der Waals surface area contributed by atoms with Crippen molar-refractivity contribution in [1.29, 1.82) is 5.26 Å². The smallest absolute Gasteiger partial charge is 0.248 e. The minimum absolute atomic E-state index is 0.0387. The summed E-state index contributed by atoms with van der Waals surface area (Å²) < 4.78 is 0. The molecule has 2 heterocycles. The Labute approximate surface area is 187 Å². The lowest BCUT2D eigenvalue weighted by Crippen LogP contribution is -2.57. The molecule has 1 aliphatic carbocycles. The van der Waals surface area contributed by atoms with E-state index in [0.717, 1.165) is 18.4 Å². The first-order valence-electron chi connectivity index (χ1n) is 11.2. The molecule has 0 radical (unpaired) electrons. The number of benzene rings is 1. The molecule has 3 amide bonds. The van der Waals surface area contributed by atoms with Gasteiger partial charge in [-0.2, -0.15) is 5.26 Å². The topological polar surface area (TPSA) is 137 Å². The standard InChI is InChI=1S/C23H30N6O3/c1-13(10-24)28(17-7-8-17)22(31)19(25)12-27-11-18-9-20(27)23(32)29(18)14(2)15-3-5-16(6-4-15)21(26)30/h3-6,13-14,17-20H,7-9,11-12,25H2,1-2H3,(H2,26,30)/t13?,14?,18-,19?,20-/m0/s1. The second-order valence-corrected chi connectivity index (χ2v) is 9.16. The van der Waals surface area contributed by atoms with E-state index in [2.05, 4.69) is 6.07 Å². The number of piperazine rings is 1. The Morgan fingerprint density at radius 2 is 1.91 bits per heavy atom. The van der Waals surface area contributed by atoms with Crippen LogP contribution in [0.3, 0.4) is 0 Å². The van der Waals surface area contributed by atoms with Crippen molar-refractivity contribution < 1.29 is 14.4 Å². The van der Waals surface area contributed by atoms with Crippen LogP contribution in [-0.2, 0) is 9.59 Å². The Balaban J connectivity index is 1.39. The summed E-state index contributed by atoms with van der Waals surface area (Å²) in [7, 11) is 0. The van der Waals surface area contributed by atoms with E-state index in [0.29, 0.717) is 25.1 Å². The van der Waals surface area contributed by atoms with Gasteiger partial charge in [-0.3, -0.25) is 19.3 Å². The van der Waals surface area contributed by atoms with Crippen LogP contribution in [0.15, 0.2) is 24.3 Å². The summed E-state index contributed by atoms with van der Waals surface area (Å²) in [5.74, 6) is -0.653. The van der Waals surface area contributed by atoms with Gasteiger partial charge in [-0.25, -0.2) is 0 Å². The number of fused-ring (bicyclic) bond motifs is 2. The number of carbonyl (C=O) groups excluding carboxylic acids is 3. The molecule has 2 saturated heterocycles. The SMILES string of the molecule is CC(C#N)N(C(=O)C(N)CN1C[C@@H]2C[C@H]1C(=O)N2C(C)c1ccc(C(N)=O)cc1)C1CC1. The number of nitrogens with zero attached hydrogens (tertiary/aromatic N) is 4. The van der Waals surface area contributed by atoms with Gasteiger partial charge in [0.25, 0.3) is 0 Å². The maximum atomic E-state index is 13.2. The van der Waals surface area contributed by atoms with Crippen molar-refractivity contribution in [2.75, 3.05) is 13.1 Å². The molecule has 3 aliphatic rings. The van der Waals surface area contributed by atoms with Gasteiger partial charge in [0.15, 0.2) is 0 Å². The van der Waals surface area contributed by atoms with Crippen molar-refractivity contribution in [3.63, 3.8) is 0 Å². The second-order valence-electron chi connectivity index (χ2n) is 9.16. The van der Waals surface area contributed by atoms with Crippen molar-refractivity contribution in [3.8, 4) is 6.07 Å². The highest BCUT2D eigenvalue weighted by Gasteiger charge is 2.51. The summed E-state index contributed by atoms with van der Waals surface area (Å²) in [4.78, 5) is 42.9. The lowest BCUT2D eigenvalue weighted by Gasteiger charge is -2.38. The van der Waals surface area contributed by atoms with E-state index in [1.807, 2.05) is 28.9 Å². The molecule has 3 fully saturated rings. The second kappa shape index (κ2) is 8.52. The van der Waals surface area contributed by atoms with E-state index in [-0.39, 0.29) is 36.0 Å². The van der Waals surface area contributed by atoms with E-state index >= 15 is 0 Å². The van der Waals surface area contributed by atoms with Gasteiger partial charge >= 0.3 is 0 Å². The average molecular weight is 439 g/mol. The summed E-state index contributed by atoms with van der Waals surface area (Å²) in [5, 5.41) is 9.27. The highest BCUT2D eigenvalue weighted by molar-refractivity contribution is 5.92.